The summed E-state index contributed by atoms with van der Waals surface area (Å²) in [6.07, 6.45) is 2.77. The van der Waals surface area contributed by atoms with Gasteiger partial charge in [-0.3, -0.25) is 4.98 Å². The van der Waals surface area contributed by atoms with Crippen LogP contribution in [0.15, 0.2) is 30.5 Å². The van der Waals surface area contributed by atoms with E-state index in [9.17, 15) is 9.90 Å². The van der Waals surface area contributed by atoms with Crippen molar-refractivity contribution in [3.8, 4) is 11.1 Å². The lowest BCUT2D eigenvalue weighted by molar-refractivity contribution is -0.160. The number of hydrogen-bond donors (Lipinski definition) is 1. The number of nitrogens with zero attached hydrogens (tertiary/aromatic N) is 2. The average Bonchev–Trinajstić information content (AvgIpc) is 2.65. The van der Waals surface area contributed by atoms with Gasteiger partial charge in [-0.1, -0.05) is 37.6 Å². The average molecular weight is 445 g/mol. The molecule has 1 atom stereocenters. The fraction of sp³-hybridized carbons (Fsp3) is 0.520. The van der Waals surface area contributed by atoms with Gasteiger partial charge in [-0.2, -0.15) is 0 Å². The van der Waals surface area contributed by atoms with E-state index in [0.717, 1.165) is 42.7 Å². The van der Waals surface area contributed by atoms with Gasteiger partial charge in [0.25, 0.3) is 0 Å². The monoisotopic (exact) mass is 444 g/mol. The van der Waals surface area contributed by atoms with Crippen molar-refractivity contribution in [3.05, 3.63) is 46.7 Å². The number of aryl methyl sites for hydroxylation is 1. The third kappa shape index (κ3) is 5.58. The zero-order valence-corrected chi connectivity index (χ0v) is 20.1. The van der Waals surface area contributed by atoms with Gasteiger partial charge in [-0.05, 0) is 63.6 Å². The van der Waals surface area contributed by atoms with E-state index in [1.165, 1.54) is 0 Å². The molecule has 3 rings (SSSR count). The van der Waals surface area contributed by atoms with Crippen molar-refractivity contribution in [2.45, 2.75) is 66.1 Å². The number of carbonyl (C=O) groups is 1. The minimum absolute atomic E-state index is 0.267. The van der Waals surface area contributed by atoms with Gasteiger partial charge in [-0.15, -0.1) is 0 Å². The molecule has 0 amide bonds. The Bertz CT molecular complexity index is 956. The number of halogens is 1. The third-order valence-corrected chi connectivity index (χ3v) is 6.05. The van der Waals surface area contributed by atoms with Gasteiger partial charge >= 0.3 is 5.97 Å². The van der Waals surface area contributed by atoms with Gasteiger partial charge in [0.2, 0.25) is 0 Å². The summed E-state index contributed by atoms with van der Waals surface area (Å²) >= 11 is 6.29. The van der Waals surface area contributed by atoms with Crippen LogP contribution >= 0.6 is 11.6 Å². The first-order valence-electron chi connectivity index (χ1n) is 10.8. The van der Waals surface area contributed by atoms with Gasteiger partial charge in [0, 0.05) is 41.1 Å². The van der Waals surface area contributed by atoms with E-state index >= 15 is 0 Å². The zero-order valence-electron chi connectivity index (χ0n) is 19.3. The standard InChI is InChI=1S/C25H33ClN2O3/c1-16-20(22(23(29)30)31-24(2,3)4)21(28-12-10-25(5,6)11-13-28)19(15-27-16)17-8-7-9-18(26)14-17/h7-9,14-15,22H,10-13H2,1-6H3,(H,29,30)/t22-/m0/s1. The molecule has 2 heterocycles. The molecule has 0 bridgehead atoms. The minimum atomic E-state index is -1.11. The molecule has 5 nitrogen and oxygen atoms in total. The topological polar surface area (TPSA) is 62.7 Å². The summed E-state index contributed by atoms with van der Waals surface area (Å²) in [6.45, 7) is 13.7. The second-order valence-corrected chi connectivity index (χ2v) is 10.6. The Morgan fingerprint density at radius 2 is 1.90 bits per heavy atom. The number of carboxylic acid groups (broad SMARTS) is 1. The van der Waals surface area contributed by atoms with Crippen molar-refractivity contribution in [1.29, 1.82) is 0 Å². The molecule has 6 heteroatoms. The molecule has 1 aromatic carbocycles. The summed E-state index contributed by atoms with van der Waals surface area (Å²) in [7, 11) is 0. The summed E-state index contributed by atoms with van der Waals surface area (Å²) in [6, 6.07) is 7.62. The molecule has 1 saturated heterocycles. The summed E-state index contributed by atoms with van der Waals surface area (Å²) in [5.74, 6) is -1.01. The van der Waals surface area contributed by atoms with Crippen molar-refractivity contribution < 1.29 is 14.6 Å². The smallest absolute Gasteiger partial charge is 0.337 e. The molecule has 1 N–H and O–H groups in total. The van der Waals surface area contributed by atoms with Crippen molar-refractivity contribution in [2.24, 2.45) is 5.41 Å². The lowest BCUT2D eigenvalue weighted by atomic mass is 9.82. The predicted molar refractivity (Wildman–Crippen MR) is 126 cm³/mol. The second kappa shape index (κ2) is 8.79. The van der Waals surface area contributed by atoms with Crippen LogP contribution in [-0.4, -0.2) is 34.8 Å². The van der Waals surface area contributed by atoms with Crippen molar-refractivity contribution in [1.82, 2.24) is 4.98 Å². The van der Waals surface area contributed by atoms with Crippen molar-refractivity contribution in [3.63, 3.8) is 0 Å². The molecule has 168 valence electrons. The number of rotatable bonds is 5. The van der Waals surface area contributed by atoms with E-state index in [4.69, 9.17) is 16.3 Å². The molecule has 1 aromatic heterocycles. The Morgan fingerprint density at radius 1 is 1.26 bits per heavy atom. The van der Waals surface area contributed by atoms with Crippen molar-refractivity contribution in [2.75, 3.05) is 18.0 Å². The minimum Gasteiger partial charge on any atom is -0.479 e. The van der Waals surface area contributed by atoms with Gasteiger partial charge in [-0.25, -0.2) is 4.79 Å². The molecular weight excluding hydrogens is 412 g/mol. The fourth-order valence-electron chi connectivity index (χ4n) is 4.05. The largest absolute Gasteiger partial charge is 0.479 e. The highest BCUT2D eigenvalue weighted by Crippen LogP contribution is 2.43. The number of piperidine rings is 1. The lowest BCUT2D eigenvalue weighted by Crippen LogP contribution is -2.39. The van der Waals surface area contributed by atoms with Gasteiger partial charge in [0.15, 0.2) is 6.10 Å². The van der Waals surface area contributed by atoms with Gasteiger partial charge < -0.3 is 14.7 Å². The summed E-state index contributed by atoms with van der Waals surface area (Å²) in [5.41, 5.74) is 3.63. The maximum absolute atomic E-state index is 12.4. The molecule has 1 aliphatic heterocycles. The lowest BCUT2D eigenvalue weighted by Gasteiger charge is -2.41. The number of aromatic nitrogens is 1. The van der Waals surface area contributed by atoms with Crippen LogP contribution in [0.5, 0.6) is 0 Å². The Kier molecular flexibility index (Phi) is 6.68. The number of benzene rings is 1. The van der Waals surface area contributed by atoms with E-state index in [2.05, 4.69) is 23.7 Å². The van der Waals surface area contributed by atoms with E-state index in [0.29, 0.717) is 16.3 Å². The number of pyridine rings is 1. The Morgan fingerprint density at radius 3 is 2.45 bits per heavy atom. The van der Waals surface area contributed by atoms with Crippen LogP contribution in [-0.2, 0) is 9.53 Å². The SMILES string of the molecule is Cc1ncc(-c2cccc(Cl)c2)c(N2CCC(C)(C)CC2)c1[C@H](OC(C)(C)C)C(=O)O. The quantitative estimate of drug-likeness (QED) is 0.588. The summed E-state index contributed by atoms with van der Waals surface area (Å²) < 4.78 is 6.06. The Balaban J connectivity index is 2.23. The van der Waals surface area contributed by atoms with Crippen LogP contribution in [0.2, 0.25) is 5.02 Å². The summed E-state index contributed by atoms with van der Waals surface area (Å²) in [4.78, 5) is 19.3. The predicted octanol–water partition coefficient (Wildman–Crippen LogP) is 6.28. The van der Waals surface area contributed by atoms with Crippen LogP contribution < -0.4 is 4.90 Å². The van der Waals surface area contributed by atoms with Gasteiger partial charge in [0.05, 0.1) is 11.3 Å². The maximum atomic E-state index is 12.4. The highest BCUT2D eigenvalue weighted by molar-refractivity contribution is 6.30. The molecule has 31 heavy (non-hydrogen) atoms. The first kappa shape index (κ1) is 23.6. The first-order valence-corrected chi connectivity index (χ1v) is 11.2. The van der Waals surface area contributed by atoms with E-state index in [1.54, 1.807) is 0 Å². The third-order valence-electron chi connectivity index (χ3n) is 5.81. The zero-order chi connectivity index (χ0) is 23.0. The van der Waals surface area contributed by atoms with Crippen LogP contribution in [0.25, 0.3) is 11.1 Å². The van der Waals surface area contributed by atoms with E-state index in [1.807, 2.05) is 58.2 Å². The number of ether oxygens (including phenoxy) is 1. The number of carboxylic acids is 1. The van der Waals surface area contributed by atoms with Crippen LogP contribution in [0, 0.1) is 12.3 Å². The fourth-order valence-corrected chi connectivity index (χ4v) is 4.24. The van der Waals surface area contributed by atoms with E-state index < -0.39 is 17.7 Å². The Labute approximate surface area is 190 Å². The molecule has 1 fully saturated rings. The number of anilines is 1. The molecular formula is C25H33ClN2O3. The van der Waals surface area contributed by atoms with Gasteiger partial charge in [0.1, 0.15) is 0 Å². The molecule has 0 aliphatic carbocycles. The van der Waals surface area contributed by atoms with Crippen LogP contribution in [0.4, 0.5) is 5.69 Å². The maximum Gasteiger partial charge on any atom is 0.337 e. The second-order valence-electron chi connectivity index (χ2n) is 10.1. The molecule has 0 unspecified atom stereocenters. The Hall–Kier alpha value is -2.11. The highest BCUT2D eigenvalue weighted by atomic mass is 35.5. The number of aliphatic carboxylic acids is 1. The normalized spacial score (nSPS) is 17.5. The molecule has 0 radical (unpaired) electrons. The molecule has 0 spiro atoms. The summed E-state index contributed by atoms with van der Waals surface area (Å²) in [5, 5.41) is 10.8. The molecule has 0 saturated carbocycles. The van der Waals surface area contributed by atoms with E-state index in [-0.39, 0.29) is 5.41 Å². The van der Waals surface area contributed by atoms with Crippen LogP contribution in [0.3, 0.4) is 0 Å². The molecule has 2 aromatic rings. The first-order chi connectivity index (χ1) is 14.4. The number of hydrogen-bond acceptors (Lipinski definition) is 4. The molecule has 1 aliphatic rings. The highest BCUT2D eigenvalue weighted by Gasteiger charge is 2.35. The van der Waals surface area contributed by atoms with Crippen molar-refractivity contribution >= 4 is 23.3 Å². The van der Waals surface area contributed by atoms with Crippen LogP contribution in [0.1, 0.15) is 64.8 Å².